The van der Waals surface area contributed by atoms with E-state index < -0.39 is 6.04 Å². The third-order valence-electron chi connectivity index (χ3n) is 4.21. The summed E-state index contributed by atoms with van der Waals surface area (Å²) >= 11 is 0. The van der Waals surface area contributed by atoms with Crippen molar-refractivity contribution < 1.29 is 14.3 Å². The van der Waals surface area contributed by atoms with Gasteiger partial charge in [0.25, 0.3) is 0 Å². The highest BCUT2D eigenvalue weighted by molar-refractivity contribution is 5.88. The molecule has 2 aliphatic rings. The highest BCUT2D eigenvalue weighted by atomic mass is 16.5. The van der Waals surface area contributed by atoms with Gasteiger partial charge in [-0.1, -0.05) is 12.8 Å². The molecule has 0 aromatic carbocycles. The first-order valence-electron chi connectivity index (χ1n) is 7.52. The fourth-order valence-electron chi connectivity index (χ4n) is 2.92. The number of nitrogens with one attached hydrogen (secondary N) is 1. The average molecular weight is 283 g/mol. The molecule has 0 bridgehead atoms. The lowest BCUT2D eigenvalue weighted by Gasteiger charge is -2.31. The summed E-state index contributed by atoms with van der Waals surface area (Å²) in [4.78, 5) is 26.2. The minimum absolute atomic E-state index is 0.0361. The van der Waals surface area contributed by atoms with Crippen molar-refractivity contribution >= 4 is 11.8 Å². The Morgan fingerprint density at radius 1 is 1.25 bits per heavy atom. The van der Waals surface area contributed by atoms with Gasteiger partial charge in [0.15, 0.2) is 0 Å². The Morgan fingerprint density at radius 3 is 2.55 bits per heavy atom. The van der Waals surface area contributed by atoms with Gasteiger partial charge in [-0.2, -0.15) is 0 Å². The van der Waals surface area contributed by atoms with Crippen molar-refractivity contribution in [2.45, 2.75) is 44.7 Å². The molecule has 6 heteroatoms. The standard InChI is InChI=1S/C14H25N3O3/c1-10(14(19)17-6-8-20-9-7-17)16-13(18)11-4-2-3-5-12(11)15/h10-12H,2-9,15H2,1H3,(H,16,18). The van der Waals surface area contributed by atoms with Gasteiger partial charge in [0.2, 0.25) is 11.8 Å². The molecular weight excluding hydrogens is 258 g/mol. The number of amides is 2. The maximum absolute atomic E-state index is 12.2. The van der Waals surface area contributed by atoms with Gasteiger partial charge >= 0.3 is 0 Å². The topological polar surface area (TPSA) is 84.7 Å². The van der Waals surface area contributed by atoms with Gasteiger partial charge < -0.3 is 20.7 Å². The van der Waals surface area contributed by atoms with E-state index in [9.17, 15) is 9.59 Å². The highest BCUT2D eigenvalue weighted by Crippen LogP contribution is 2.23. The number of hydrogen-bond acceptors (Lipinski definition) is 4. The Bertz CT molecular complexity index is 356. The lowest BCUT2D eigenvalue weighted by Crippen LogP contribution is -2.53. The predicted octanol–water partition coefficient (Wildman–Crippen LogP) is -0.133. The molecule has 1 aliphatic carbocycles. The van der Waals surface area contributed by atoms with Crippen molar-refractivity contribution in [3.63, 3.8) is 0 Å². The largest absolute Gasteiger partial charge is 0.378 e. The lowest BCUT2D eigenvalue weighted by molar-refractivity contribution is -0.140. The smallest absolute Gasteiger partial charge is 0.245 e. The van der Waals surface area contributed by atoms with Crippen LogP contribution in [0.3, 0.4) is 0 Å². The summed E-state index contributed by atoms with van der Waals surface area (Å²) < 4.78 is 5.22. The second-order valence-corrected chi connectivity index (χ2v) is 5.72. The molecule has 0 aromatic heterocycles. The zero-order valence-corrected chi connectivity index (χ0v) is 12.1. The molecule has 3 N–H and O–H groups in total. The summed E-state index contributed by atoms with van der Waals surface area (Å²) in [5.41, 5.74) is 6.00. The second-order valence-electron chi connectivity index (χ2n) is 5.72. The summed E-state index contributed by atoms with van der Waals surface area (Å²) in [5, 5.41) is 2.83. The van der Waals surface area contributed by atoms with Gasteiger partial charge in [-0.15, -0.1) is 0 Å². The highest BCUT2D eigenvalue weighted by Gasteiger charge is 2.31. The first-order valence-corrected chi connectivity index (χ1v) is 7.52. The van der Waals surface area contributed by atoms with Crippen molar-refractivity contribution in [2.75, 3.05) is 26.3 Å². The van der Waals surface area contributed by atoms with Crippen molar-refractivity contribution in [1.82, 2.24) is 10.2 Å². The van der Waals surface area contributed by atoms with E-state index in [1.807, 2.05) is 0 Å². The Kier molecular flexibility index (Phi) is 5.37. The Morgan fingerprint density at radius 2 is 1.90 bits per heavy atom. The lowest BCUT2D eigenvalue weighted by atomic mass is 9.84. The third-order valence-corrected chi connectivity index (χ3v) is 4.21. The van der Waals surface area contributed by atoms with E-state index in [0.29, 0.717) is 26.3 Å². The second kappa shape index (κ2) is 7.04. The number of nitrogens with zero attached hydrogens (tertiary/aromatic N) is 1. The summed E-state index contributed by atoms with van der Waals surface area (Å²) in [5.74, 6) is -0.263. The third kappa shape index (κ3) is 3.70. The number of carbonyl (C=O) groups excluding carboxylic acids is 2. The first-order chi connectivity index (χ1) is 9.59. The van der Waals surface area contributed by atoms with Crippen LogP contribution < -0.4 is 11.1 Å². The Labute approximate surface area is 120 Å². The van der Waals surface area contributed by atoms with Crippen LogP contribution in [-0.2, 0) is 14.3 Å². The molecular formula is C14H25N3O3. The molecule has 6 nitrogen and oxygen atoms in total. The van der Waals surface area contributed by atoms with Crippen LogP contribution in [0, 0.1) is 5.92 Å². The van der Waals surface area contributed by atoms with Gasteiger partial charge in [-0.05, 0) is 19.8 Å². The summed E-state index contributed by atoms with van der Waals surface area (Å²) in [7, 11) is 0. The van der Waals surface area contributed by atoms with E-state index in [1.165, 1.54) is 0 Å². The molecule has 0 radical (unpaired) electrons. The molecule has 2 fully saturated rings. The number of rotatable bonds is 3. The fraction of sp³-hybridized carbons (Fsp3) is 0.857. The first kappa shape index (κ1) is 15.3. The average Bonchev–Trinajstić information content (AvgIpc) is 2.47. The van der Waals surface area contributed by atoms with Gasteiger partial charge in [0, 0.05) is 19.1 Å². The number of morpholine rings is 1. The van der Waals surface area contributed by atoms with Crippen molar-refractivity contribution in [1.29, 1.82) is 0 Å². The van der Waals surface area contributed by atoms with Crippen LogP contribution in [0.1, 0.15) is 32.6 Å². The summed E-state index contributed by atoms with van der Waals surface area (Å²) in [6.45, 7) is 4.08. The van der Waals surface area contributed by atoms with Crippen LogP contribution in [0.2, 0.25) is 0 Å². The van der Waals surface area contributed by atoms with E-state index in [4.69, 9.17) is 10.5 Å². The van der Waals surface area contributed by atoms with E-state index >= 15 is 0 Å². The molecule has 2 rings (SSSR count). The monoisotopic (exact) mass is 283 g/mol. The fourth-order valence-corrected chi connectivity index (χ4v) is 2.92. The molecule has 0 aromatic rings. The van der Waals surface area contributed by atoms with Crippen LogP contribution in [0.4, 0.5) is 0 Å². The summed E-state index contributed by atoms with van der Waals surface area (Å²) in [6.07, 6.45) is 3.85. The molecule has 0 spiro atoms. The molecule has 2 amide bonds. The molecule has 1 aliphatic heterocycles. The van der Waals surface area contributed by atoms with E-state index in [1.54, 1.807) is 11.8 Å². The zero-order chi connectivity index (χ0) is 14.5. The molecule has 114 valence electrons. The number of hydrogen-bond donors (Lipinski definition) is 2. The van der Waals surface area contributed by atoms with Gasteiger partial charge in [-0.3, -0.25) is 9.59 Å². The van der Waals surface area contributed by atoms with E-state index in [-0.39, 0.29) is 23.8 Å². The molecule has 1 saturated carbocycles. The minimum atomic E-state index is -0.491. The maximum Gasteiger partial charge on any atom is 0.245 e. The van der Waals surface area contributed by atoms with E-state index in [2.05, 4.69) is 5.32 Å². The number of carbonyl (C=O) groups is 2. The van der Waals surface area contributed by atoms with E-state index in [0.717, 1.165) is 25.7 Å². The molecule has 1 heterocycles. The number of ether oxygens (including phenoxy) is 1. The molecule has 3 atom stereocenters. The van der Waals surface area contributed by atoms with Crippen LogP contribution in [0.15, 0.2) is 0 Å². The minimum Gasteiger partial charge on any atom is -0.378 e. The van der Waals surface area contributed by atoms with Crippen molar-refractivity contribution in [3.05, 3.63) is 0 Å². The van der Waals surface area contributed by atoms with Gasteiger partial charge in [-0.25, -0.2) is 0 Å². The van der Waals surface area contributed by atoms with Crippen LogP contribution in [0.25, 0.3) is 0 Å². The van der Waals surface area contributed by atoms with Crippen LogP contribution >= 0.6 is 0 Å². The predicted molar refractivity (Wildman–Crippen MR) is 74.9 cm³/mol. The molecule has 1 saturated heterocycles. The summed E-state index contributed by atoms with van der Waals surface area (Å²) in [6, 6.07) is -0.566. The SMILES string of the molecule is CC(NC(=O)C1CCCCC1N)C(=O)N1CCOCC1. The normalized spacial score (nSPS) is 28.8. The van der Waals surface area contributed by atoms with Crippen molar-refractivity contribution in [2.24, 2.45) is 11.7 Å². The Hall–Kier alpha value is -1.14. The van der Waals surface area contributed by atoms with Gasteiger partial charge in [0.05, 0.1) is 19.1 Å². The van der Waals surface area contributed by atoms with Crippen LogP contribution in [-0.4, -0.2) is 55.1 Å². The zero-order valence-electron chi connectivity index (χ0n) is 12.1. The number of nitrogens with two attached hydrogens (primary N) is 1. The molecule has 20 heavy (non-hydrogen) atoms. The molecule has 3 unspecified atom stereocenters. The Balaban J connectivity index is 1.84. The van der Waals surface area contributed by atoms with Gasteiger partial charge in [0.1, 0.15) is 6.04 Å². The van der Waals surface area contributed by atoms with Crippen molar-refractivity contribution in [3.8, 4) is 0 Å². The van der Waals surface area contributed by atoms with Crippen LogP contribution in [0.5, 0.6) is 0 Å². The quantitative estimate of drug-likeness (QED) is 0.755. The maximum atomic E-state index is 12.2.